The Morgan fingerprint density at radius 1 is 0.255 bits per heavy atom. The van der Waals surface area contributed by atoms with Crippen molar-refractivity contribution in [1.82, 2.24) is 15.0 Å². The Balaban J connectivity index is 1.39. The van der Waals surface area contributed by atoms with Gasteiger partial charge in [-0.15, -0.1) is 0 Å². The summed E-state index contributed by atoms with van der Waals surface area (Å²) in [5, 5.41) is 0. The summed E-state index contributed by atoms with van der Waals surface area (Å²) in [7, 11) is 0. The molecule has 0 unspecified atom stereocenters. The molecule has 0 aliphatic rings. The van der Waals surface area contributed by atoms with Crippen LogP contribution >= 0.6 is 0 Å². The lowest BCUT2D eigenvalue weighted by atomic mass is 9.94. The first-order valence-electron chi connectivity index (χ1n) is 16.1. The van der Waals surface area contributed by atoms with Gasteiger partial charge in [0.2, 0.25) is 0 Å². The molecule has 228 valence electrons. The van der Waals surface area contributed by atoms with Gasteiger partial charge in [0.05, 0.1) is 0 Å². The van der Waals surface area contributed by atoms with Crippen molar-refractivity contribution in [3.05, 3.63) is 162 Å². The molecule has 0 N–H and O–H groups in total. The van der Waals surface area contributed by atoms with Gasteiger partial charge < -0.3 is 0 Å². The molecular weight excluding hydrogens is 571 g/mol. The van der Waals surface area contributed by atoms with Crippen LogP contribution in [0.3, 0.4) is 0 Å². The quantitative estimate of drug-likeness (QED) is 0.189. The third-order valence-electron chi connectivity index (χ3n) is 8.67. The lowest BCUT2D eigenvalue weighted by Gasteiger charge is -2.13. The summed E-state index contributed by atoms with van der Waals surface area (Å²) >= 11 is 0. The van der Waals surface area contributed by atoms with E-state index in [0.29, 0.717) is 17.5 Å². The highest BCUT2D eigenvalue weighted by Crippen LogP contribution is 2.35. The van der Waals surface area contributed by atoms with Crippen LogP contribution in [-0.2, 0) is 0 Å². The number of aromatic nitrogens is 3. The fourth-order valence-electron chi connectivity index (χ4n) is 5.90. The third kappa shape index (κ3) is 6.66. The number of nitrogens with zero attached hydrogens (tertiary/aromatic N) is 3. The van der Waals surface area contributed by atoms with Crippen LogP contribution in [0.2, 0.25) is 0 Å². The van der Waals surface area contributed by atoms with Crippen molar-refractivity contribution in [3.8, 4) is 67.3 Å². The molecule has 1 heterocycles. The van der Waals surface area contributed by atoms with Crippen LogP contribution in [0, 0.1) is 34.6 Å². The predicted octanol–water partition coefficient (Wildman–Crippen LogP) is 11.4. The predicted molar refractivity (Wildman–Crippen MR) is 196 cm³/mol. The van der Waals surface area contributed by atoms with Crippen molar-refractivity contribution in [1.29, 1.82) is 0 Å². The van der Waals surface area contributed by atoms with Crippen LogP contribution < -0.4 is 0 Å². The van der Waals surface area contributed by atoms with E-state index in [0.717, 1.165) is 55.6 Å². The minimum Gasteiger partial charge on any atom is -0.213 e. The minimum atomic E-state index is 0.660. The second kappa shape index (κ2) is 12.6. The van der Waals surface area contributed by atoms with Crippen molar-refractivity contribution < 1.29 is 0 Å². The van der Waals surface area contributed by atoms with Crippen LogP contribution in [0.15, 0.2) is 133 Å². The molecule has 6 aromatic carbocycles. The molecule has 47 heavy (non-hydrogen) atoms. The Morgan fingerprint density at radius 2 is 0.489 bits per heavy atom. The van der Waals surface area contributed by atoms with E-state index in [-0.39, 0.29) is 0 Å². The highest BCUT2D eigenvalue weighted by molar-refractivity contribution is 5.82. The monoisotopic (exact) mass is 607 g/mol. The number of rotatable bonds is 6. The second-order valence-electron chi connectivity index (χ2n) is 12.6. The van der Waals surface area contributed by atoms with Crippen LogP contribution in [0.25, 0.3) is 67.3 Å². The molecule has 7 rings (SSSR count). The van der Waals surface area contributed by atoms with Gasteiger partial charge in [-0.3, -0.25) is 0 Å². The largest absolute Gasteiger partial charge is 0.213 e. The van der Waals surface area contributed by atoms with Crippen molar-refractivity contribution >= 4 is 0 Å². The van der Waals surface area contributed by atoms with Gasteiger partial charge in [0, 0.05) is 11.1 Å². The third-order valence-corrected chi connectivity index (χ3v) is 8.67. The molecule has 0 atom stereocenters. The normalized spacial score (nSPS) is 11.1. The first-order valence-corrected chi connectivity index (χ1v) is 16.1. The highest BCUT2D eigenvalue weighted by Gasteiger charge is 2.15. The number of benzene rings is 6. The van der Waals surface area contributed by atoms with Gasteiger partial charge in [-0.1, -0.05) is 119 Å². The van der Waals surface area contributed by atoms with Gasteiger partial charge in [-0.25, -0.2) is 15.0 Å². The van der Waals surface area contributed by atoms with Gasteiger partial charge in [0.25, 0.3) is 0 Å². The highest BCUT2D eigenvalue weighted by atomic mass is 15.0. The van der Waals surface area contributed by atoms with Gasteiger partial charge in [-0.05, 0) is 116 Å². The summed E-state index contributed by atoms with van der Waals surface area (Å²) in [6, 6.07) is 48.0. The van der Waals surface area contributed by atoms with E-state index < -0.39 is 0 Å². The van der Waals surface area contributed by atoms with Crippen LogP contribution in [0.4, 0.5) is 0 Å². The zero-order chi connectivity index (χ0) is 32.5. The van der Waals surface area contributed by atoms with E-state index in [2.05, 4.69) is 161 Å². The molecule has 1 aromatic heterocycles. The number of hydrogen-bond donors (Lipinski definition) is 0. The van der Waals surface area contributed by atoms with Gasteiger partial charge in [0.1, 0.15) is 5.82 Å². The van der Waals surface area contributed by atoms with E-state index in [4.69, 9.17) is 15.0 Å². The Kier molecular flexibility index (Phi) is 8.05. The molecule has 0 aliphatic heterocycles. The Labute approximate surface area is 277 Å². The molecule has 3 nitrogen and oxygen atoms in total. The fourth-order valence-corrected chi connectivity index (χ4v) is 5.90. The molecule has 0 saturated heterocycles. The van der Waals surface area contributed by atoms with Gasteiger partial charge >= 0.3 is 0 Å². The summed E-state index contributed by atoms with van der Waals surface area (Å²) in [6.07, 6.45) is 0. The van der Waals surface area contributed by atoms with E-state index in [9.17, 15) is 0 Å². The van der Waals surface area contributed by atoms with Gasteiger partial charge in [-0.2, -0.15) is 0 Å². The second-order valence-corrected chi connectivity index (χ2v) is 12.6. The van der Waals surface area contributed by atoms with Crippen LogP contribution in [0.5, 0.6) is 0 Å². The topological polar surface area (TPSA) is 38.7 Å². The summed E-state index contributed by atoms with van der Waals surface area (Å²) in [4.78, 5) is 14.9. The molecule has 0 amide bonds. The van der Waals surface area contributed by atoms with Crippen molar-refractivity contribution in [2.45, 2.75) is 34.6 Å². The lowest BCUT2D eigenvalue weighted by molar-refractivity contribution is 0.992. The molecule has 0 radical (unpaired) electrons. The lowest BCUT2D eigenvalue weighted by Crippen LogP contribution is -2.00. The maximum atomic E-state index is 5.15. The zero-order valence-corrected chi connectivity index (χ0v) is 27.5. The first kappa shape index (κ1) is 30.0. The van der Waals surface area contributed by atoms with Crippen molar-refractivity contribution in [2.75, 3.05) is 0 Å². The van der Waals surface area contributed by atoms with E-state index in [1.807, 2.05) is 6.92 Å². The molecule has 3 heteroatoms. The SMILES string of the molecule is Cc1ccc(-c2cc(-c3ccc(C)cc3)cc(-c3nc(C)nc(-c4cc(-c5ccc(C)cc5)cc(-c5ccc(C)cc5)c4)n3)c2)cc1. The van der Waals surface area contributed by atoms with E-state index >= 15 is 0 Å². The fraction of sp³-hybridized carbons (Fsp3) is 0.114. The molecule has 7 aromatic rings. The summed E-state index contributed by atoms with van der Waals surface area (Å²) in [6.45, 7) is 10.4. The Bertz CT molecular complexity index is 1910. The van der Waals surface area contributed by atoms with Crippen molar-refractivity contribution in [3.63, 3.8) is 0 Å². The maximum Gasteiger partial charge on any atom is 0.163 e. The summed E-state index contributed by atoms with van der Waals surface area (Å²) < 4.78 is 0. The molecule has 0 saturated carbocycles. The zero-order valence-electron chi connectivity index (χ0n) is 27.5. The average Bonchev–Trinajstić information content (AvgIpc) is 3.09. The molecule has 0 fully saturated rings. The average molecular weight is 608 g/mol. The summed E-state index contributed by atoms with van der Waals surface area (Å²) in [5.41, 5.74) is 16.0. The van der Waals surface area contributed by atoms with Crippen LogP contribution in [0.1, 0.15) is 28.1 Å². The maximum absolute atomic E-state index is 5.15. The Hall–Kier alpha value is -5.67. The number of aryl methyl sites for hydroxylation is 5. The van der Waals surface area contributed by atoms with E-state index in [1.165, 1.54) is 22.3 Å². The molecular formula is C44H37N3. The molecule has 0 bridgehead atoms. The minimum absolute atomic E-state index is 0.660. The van der Waals surface area contributed by atoms with E-state index in [1.54, 1.807) is 0 Å². The van der Waals surface area contributed by atoms with Gasteiger partial charge in [0.15, 0.2) is 11.6 Å². The Morgan fingerprint density at radius 3 is 0.745 bits per heavy atom. The van der Waals surface area contributed by atoms with Crippen LogP contribution in [-0.4, -0.2) is 15.0 Å². The summed E-state index contributed by atoms with van der Waals surface area (Å²) in [5.74, 6) is 2.00. The number of hydrogen-bond acceptors (Lipinski definition) is 3. The molecule has 0 aliphatic carbocycles. The molecule has 0 spiro atoms. The smallest absolute Gasteiger partial charge is 0.163 e. The standard InChI is InChI=1S/C44H37N3/c1-28-6-14-33(15-7-28)37-22-38(34-16-8-29(2)9-17-34)25-41(24-37)43-45-32(5)46-44(47-43)42-26-39(35-18-10-30(3)11-19-35)23-40(27-42)36-20-12-31(4)13-21-36/h6-27H,1-5H3. The first-order chi connectivity index (χ1) is 22.8. The van der Waals surface area contributed by atoms with Crippen molar-refractivity contribution in [2.24, 2.45) is 0 Å².